The molecule has 0 heterocycles. The van der Waals surface area contributed by atoms with Gasteiger partial charge < -0.3 is 4.74 Å². The third-order valence-corrected chi connectivity index (χ3v) is 2.21. The van der Waals surface area contributed by atoms with E-state index >= 15 is 0 Å². The summed E-state index contributed by atoms with van der Waals surface area (Å²) in [5.41, 5.74) is 0. The molecular formula is C11H23ClO2. The summed E-state index contributed by atoms with van der Waals surface area (Å²) in [5.74, 6) is -0.0754. The molecule has 0 spiro atoms. The molecule has 0 amide bonds. The van der Waals surface area contributed by atoms with Gasteiger partial charge in [0.15, 0.2) is 0 Å². The zero-order valence-corrected chi connectivity index (χ0v) is 10.2. The van der Waals surface area contributed by atoms with Gasteiger partial charge in [0, 0.05) is 6.42 Å². The van der Waals surface area contributed by atoms with Crippen LogP contribution in [0.25, 0.3) is 0 Å². The first kappa shape index (κ1) is 16.2. The monoisotopic (exact) mass is 222 g/mol. The minimum atomic E-state index is -0.0754. The van der Waals surface area contributed by atoms with Crippen LogP contribution in [0.3, 0.4) is 0 Å². The Kier molecular flexibility index (Phi) is 14.8. The van der Waals surface area contributed by atoms with Crippen molar-refractivity contribution in [3.05, 3.63) is 0 Å². The third-order valence-electron chi connectivity index (χ3n) is 2.21. The van der Waals surface area contributed by atoms with Crippen LogP contribution in [0.4, 0.5) is 0 Å². The van der Waals surface area contributed by atoms with E-state index in [9.17, 15) is 4.79 Å². The molecule has 0 rings (SSSR count). The molecule has 0 saturated heterocycles. The standard InChI is InChI=1S/C11H22O2.ClH/c1-3-4-5-6-7-8-9-10-11(12)13-2;/h3-10H2,1-2H3;1H. The predicted molar refractivity (Wildman–Crippen MR) is 61.9 cm³/mol. The smallest absolute Gasteiger partial charge is 0.305 e. The van der Waals surface area contributed by atoms with E-state index in [4.69, 9.17) is 0 Å². The number of hydrogen-bond donors (Lipinski definition) is 0. The highest BCUT2D eigenvalue weighted by Crippen LogP contribution is 2.08. The van der Waals surface area contributed by atoms with E-state index in [2.05, 4.69) is 11.7 Å². The van der Waals surface area contributed by atoms with Crippen molar-refractivity contribution in [2.45, 2.75) is 58.3 Å². The Morgan fingerprint density at radius 3 is 2.00 bits per heavy atom. The van der Waals surface area contributed by atoms with Gasteiger partial charge in [0.25, 0.3) is 0 Å². The van der Waals surface area contributed by atoms with Crippen LogP contribution in [-0.2, 0) is 9.53 Å². The van der Waals surface area contributed by atoms with Gasteiger partial charge in [-0.1, -0.05) is 45.4 Å². The Balaban J connectivity index is 0. The SMILES string of the molecule is CCCCCCCCCC(=O)OC.Cl. The maximum Gasteiger partial charge on any atom is 0.305 e. The number of hydrogen-bond acceptors (Lipinski definition) is 2. The number of halogens is 1. The van der Waals surface area contributed by atoms with Gasteiger partial charge in [-0.15, -0.1) is 12.4 Å². The lowest BCUT2D eigenvalue weighted by molar-refractivity contribution is -0.140. The lowest BCUT2D eigenvalue weighted by Crippen LogP contribution is -1.99. The number of carbonyl (C=O) groups excluding carboxylic acids is 1. The largest absolute Gasteiger partial charge is 0.469 e. The molecular weight excluding hydrogens is 200 g/mol. The highest BCUT2D eigenvalue weighted by Gasteiger charge is 1.98. The number of unbranched alkanes of at least 4 members (excludes halogenated alkanes) is 6. The molecule has 14 heavy (non-hydrogen) atoms. The summed E-state index contributed by atoms with van der Waals surface area (Å²) in [5, 5.41) is 0. The van der Waals surface area contributed by atoms with Crippen LogP contribution < -0.4 is 0 Å². The molecule has 0 aromatic heterocycles. The van der Waals surface area contributed by atoms with Crippen LogP contribution in [0.5, 0.6) is 0 Å². The van der Waals surface area contributed by atoms with Crippen LogP contribution in [0.15, 0.2) is 0 Å². The quantitative estimate of drug-likeness (QED) is 0.462. The van der Waals surface area contributed by atoms with Crippen molar-refractivity contribution in [1.29, 1.82) is 0 Å². The molecule has 0 bridgehead atoms. The van der Waals surface area contributed by atoms with Gasteiger partial charge in [0.2, 0.25) is 0 Å². The molecule has 0 aromatic rings. The van der Waals surface area contributed by atoms with Crippen molar-refractivity contribution >= 4 is 18.4 Å². The van der Waals surface area contributed by atoms with Gasteiger partial charge in [-0.25, -0.2) is 0 Å². The topological polar surface area (TPSA) is 26.3 Å². The molecule has 0 atom stereocenters. The zero-order chi connectivity index (χ0) is 9.94. The lowest BCUT2D eigenvalue weighted by atomic mass is 10.1. The Bertz CT molecular complexity index is 126. The Morgan fingerprint density at radius 1 is 1.00 bits per heavy atom. The van der Waals surface area contributed by atoms with Crippen molar-refractivity contribution < 1.29 is 9.53 Å². The van der Waals surface area contributed by atoms with E-state index in [0.717, 1.165) is 6.42 Å². The van der Waals surface area contributed by atoms with Crippen LogP contribution in [-0.4, -0.2) is 13.1 Å². The van der Waals surface area contributed by atoms with Crippen molar-refractivity contribution in [3.63, 3.8) is 0 Å². The first-order valence-electron chi connectivity index (χ1n) is 5.38. The Hall–Kier alpha value is -0.240. The number of ether oxygens (including phenoxy) is 1. The predicted octanol–water partition coefficient (Wildman–Crippen LogP) is 3.72. The maximum absolute atomic E-state index is 10.7. The molecule has 0 aliphatic rings. The average Bonchev–Trinajstić information content (AvgIpc) is 2.16. The summed E-state index contributed by atoms with van der Waals surface area (Å²) >= 11 is 0. The average molecular weight is 223 g/mol. The maximum atomic E-state index is 10.7. The molecule has 2 nitrogen and oxygen atoms in total. The summed E-state index contributed by atoms with van der Waals surface area (Å²) in [7, 11) is 1.45. The van der Waals surface area contributed by atoms with Gasteiger partial charge >= 0.3 is 5.97 Å². The summed E-state index contributed by atoms with van der Waals surface area (Å²) in [6.07, 6.45) is 9.29. The van der Waals surface area contributed by atoms with Gasteiger partial charge in [-0.05, 0) is 6.42 Å². The van der Waals surface area contributed by atoms with Crippen molar-refractivity contribution in [3.8, 4) is 0 Å². The third kappa shape index (κ3) is 11.8. The molecule has 0 unspecified atom stereocenters. The molecule has 0 aromatic carbocycles. The fourth-order valence-electron chi connectivity index (χ4n) is 1.33. The Labute approximate surface area is 93.8 Å². The summed E-state index contributed by atoms with van der Waals surface area (Å²) < 4.78 is 4.56. The molecule has 86 valence electrons. The minimum absolute atomic E-state index is 0. The van der Waals surface area contributed by atoms with Crippen molar-refractivity contribution in [2.24, 2.45) is 0 Å². The van der Waals surface area contributed by atoms with E-state index in [1.807, 2.05) is 0 Å². The summed E-state index contributed by atoms with van der Waals surface area (Å²) in [6.45, 7) is 2.22. The number of esters is 1. The van der Waals surface area contributed by atoms with E-state index in [1.54, 1.807) is 0 Å². The van der Waals surface area contributed by atoms with Gasteiger partial charge in [0.05, 0.1) is 7.11 Å². The lowest BCUT2D eigenvalue weighted by Gasteiger charge is -2.00. The van der Waals surface area contributed by atoms with Crippen LogP contribution >= 0.6 is 12.4 Å². The number of methoxy groups -OCH3 is 1. The molecule has 0 aliphatic carbocycles. The van der Waals surface area contributed by atoms with Gasteiger partial charge in [-0.3, -0.25) is 4.79 Å². The van der Waals surface area contributed by atoms with Gasteiger partial charge in [-0.2, -0.15) is 0 Å². The van der Waals surface area contributed by atoms with Crippen LogP contribution in [0.2, 0.25) is 0 Å². The van der Waals surface area contributed by atoms with Crippen LogP contribution in [0.1, 0.15) is 58.3 Å². The fourth-order valence-corrected chi connectivity index (χ4v) is 1.33. The molecule has 3 heteroatoms. The minimum Gasteiger partial charge on any atom is -0.469 e. The molecule has 0 N–H and O–H groups in total. The first-order valence-corrected chi connectivity index (χ1v) is 5.38. The van der Waals surface area contributed by atoms with E-state index in [0.29, 0.717) is 6.42 Å². The molecule has 0 fully saturated rings. The highest BCUT2D eigenvalue weighted by atomic mass is 35.5. The van der Waals surface area contributed by atoms with Crippen LogP contribution in [0, 0.1) is 0 Å². The zero-order valence-electron chi connectivity index (χ0n) is 9.38. The van der Waals surface area contributed by atoms with E-state index < -0.39 is 0 Å². The second-order valence-corrected chi connectivity index (χ2v) is 3.45. The summed E-state index contributed by atoms with van der Waals surface area (Å²) in [6, 6.07) is 0. The van der Waals surface area contributed by atoms with Crippen molar-refractivity contribution in [2.75, 3.05) is 7.11 Å². The van der Waals surface area contributed by atoms with Gasteiger partial charge in [0.1, 0.15) is 0 Å². The highest BCUT2D eigenvalue weighted by molar-refractivity contribution is 5.85. The number of rotatable bonds is 8. The first-order chi connectivity index (χ1) is 6.31. The molecule has 0 aliphatic heterocycles. The molecule has 0 radical (unpaired) electrons. The fraction of sp³-hybridized carbons (Fsp3) is 0.909. The van der Waals surface area contributed by atoms with E-state index in [1.165, 1.54) is 45.6 Å². The number of carbonyl (C=O) groups is 1. The Morgan fingerprint density at radius 2 is 1.50 bits per heavy atom. The second-order valence-electron chi connectivity index (χ2n) is 3.45. The van der Waals surface area contributed by atoms with Crippen molar-refractivity contribution in [1.82, 2.24) is 0 Å². The normalized spacial score (nSPS) is 9.29. The molecule has 0 saturated carbocycles. The van der Waals surface area contributed by atoms with E-state index in [-0.39, 0.29) is 18.4 Å². The summed E-state index contributed by atoms with van der Waals surface area (Å²) in [4.78, 5) is 10.7. The second kappa shape index (κ2) is 12.8.